The average Bonchev–Trinajstić information content (AvgIpc) is 2.15. The molecule has 0 saturated heterocycles. The van der Waals surface area contributed by atoms with Crippen molar-refractivity contribution in [2.24, 2.45) is 0 Å². The van der Waals surface area contributed by atoms with Crippen LogP contribution in [0.2, 0.25) is 0 Å². The molecule has 70 valence electrons. The van der Waals surface area contributed by atoms with Crippen molar-refractivity contribution in [3.8, 4) is 0 Å². The van der Waals surface area contributed by atoms with E-state index in [1.54, 1.807) is 0 Å². The molecule has 0 fully saturated rings. The largest absolute Gasteiger partial charge is 0.306 e. The van der Waals surface area contributed by atoms with E-state index < -0.39 is 0 Å². The molecule has 1 aromatic heterocycles. The Morgan fingerprint density at radius 3 is 2.69 bits per heavy atom. The van der Waals surface area contributed by atoms with Crippen molar-refractivity contribution >= 4 is 0 Å². The zero-order valence-electron chi connectivity index (χ0n) is 8.25. The molecule has 1 aromatic rings. The molecule has 2 heteroatoms. The normalized spacial score (nSPS) is 12.5. The van der Waals surface area contributed by atoms with E-state index in [0.29, 0.717) is 6.04 Å². The molecule has 0 saturated carbocycles. The highest BCUT2D eigenvalue weighted by molar-refractivity contribution is 5.14. The Balaban J connectivity index is 2.49. The van der Waals surface area contributed by atoms with Crippen LogP contribution in [-0.2, 0) is 0 Å². The topological polar surface area (TPSA) is 24.9 Å². The highest BCUT2D eigenvalue weighted by Gasteiger charge is 2.02. The maximum atomic E-state index is 3.98. The van der Waals surface area contributed by atoms with Crippen molar-refractivity contribution in [3.63, 3.8) is 0 Å². The lowest BCUT2D eigenvalue weighted by Gasteiger charge is -2.13. The SMILES string of the molecule is C=C(C)CN[C@H](C)c1ccncc1. The Morgan fingerprint density at radius 1 is 1.54 bits per heavy atom. The van der Waals surface area contributed by atoms with E-state index in [0.717, 1.165) is 12.1 Å². The molecule has 0 aliphatic rings. The fourth-order valence-electron chi connectivity index (χ4n) is 1.10. The molecule has 0 amide bonds. The molecule has 1 atom stereocenters. The number of aromatic nitrogens is 1. The molecule has 0 spiro atoms. The van der Waals surface area contributed by atoms with Gasteiger partial charge in [0, 0.05) is 25.0 Å². The van der Waals surface area contributed by atoms with Gasteiger partial charge in [0.1, 0.15) is 0 Å². The number of nitrogens with zero attached hydrogens (tertiary/aromatic N) is 1. The average molecular weight is 176 g/mol. The minimum atomic E-state index is 0.361. The van der Waals surface area contributed by atoms with E-state index in [4.69, 9.17) is 0 Å². The van der Waals surface area contributed by atoms with E-state index in [1.807, 2.05) is 31.5 Å². The van der Waals surface area contributed by atoms with Crippen molar-refractivity contribution in [3.05, 3.63) is 42.2 Å². The zero-order valence-corrected chi connectivity index (χ0v) is 8.25. The van der Waals surface area contributed by atoms with E-state index in [9.17, 15) is 0 Å². The van der Waals surface area contributed by atoms with Gasteiger partial charge in [0.05, 0.1) is 0 Å². The van der Waals surface area contributed by atoms with Crippen LogP contribution in [0.25, 0.3) is 0 Å². The van der Waals surface area contributed by atoms with Crippen LogP contribution in [0.4, 0.5) is 0 Å². The first-order valence-electron chi connectivity index (χ1n) is 4.48. The summed E-state index contributed by atoms with van der Waals surface area (Å²) in [5.41, 5.74) is 2.41. The molecule has 0 bridgehead atoms. The minimum Gasteiger partial charge on any atom is -0.306 e. The van der Waals surface area contributed by atoms with Gasteiger partial charge in [-0.05, 0) is 31.5 Å². The lowest BCUT2D eigenvalue weighted by Crippen LogP contribution is -2.20. The van der Waals surface area contributed by atoms with Crippen LogP contribution < -0.4 is 5.32 Å². The molecule has 1 heterocycles. The highest BCUT2D eigenvalue weighted by atomic mass is 14.9. The first kappa shape index (κ1) is 9.93. The summed E-state index contributed by atoms with van der Waals surface area (Å²) < 4.78 is 0. The van der Waals surface area contributed by atoms with Crippen molar-refractivity contribution in [2.45, 2.75) is 19.9 Å². The van der Waals surface area contributed by atoms with Gasteiger partial charge in [-0.15, -0.1) is 0 Å². The van der Waals surface area contributed by atoms with Crippen LogP contribution in [0.5, 0.6) is 0 Å². The summed E-state index contributed by atoms with van der Waals surface area (Å²) >= 11 is 0. The van der Waals surface area contributed by atoms with Crippen LogP contribution in [0.1, 0.15) is 25.5 Å². The van der Waals surface area contributed by atoms with Gasteiger partial charge in [-0.2, -0.15) is 0 Å². The first-order chi connectivity index (χ1) is 6.20. The molecular weight excluding hydrogens is 160 g/mol. The minimum absolute atomic E-state index is 0.361. The summed E-state index contributed by atoms with van der Waals surface area (Å²) in [4.78, 5) is 3.98. The Kier molecular flexibility index (Phi) is 3.65. The summed E-state index contributed by atoms with van der Waals surface area (Å²) in [6, 6.07) is 4.41. The van der Waals surface area contributed by atoms with Gasteiger partial charge in [-0.3, -0.25) is 4.98 Å². The Bertz CT molecular complexity index is 267. The van der Waals surface area contributed by atoms with E-state index in [-0.39, 0.29) is 0 Å². The summed E-state index contributed by atoms with van der Waals surface area (Å²) in [6.45, 7) is 8.87. The third-order valence-electron chi connectivity index (χ3n) is 1.92. The maximum Gasteiger partial charge on any atom is 0.0295 e. The molecule has 13 heavy (non-hydrogen) atoms. The highest BCUT2D eigenvalue weighted by Crippen LogP contribution is 2.09. The quantitative estimate of drug-likeness (QED) is 0.712. The van der Waals surface area contributed by atoms with Gasteiger partial charge < -0.3 is 5.32 Å². The summed E-state index contributed by atoms with van der Waals surface area (Å²) in [5, 5.41) is 3.37. The summed E-state index contributed by atoms with van der Waals surface area (Å²) in [7, 11) is 0. The monoisotopic (exact) mass is 176 g/mol. The molecular formula is C11H16N2. The number of hydrogen-bond acceptors (Lipinski definition) is 2. The first-order valence-corrected chi connectivity index (χ1v) is 4.48. The maximum absolute atomic E-state index is 3.98. The standard InChI is InChI=1S/C11H16N2/c1-9(2)8-13-10(3)11-4-6-12-7-5-11/h4-7,10,13H,1,8H2,2-3H3/t10-/m1/s1. The molecule has 1 N–H and O–H groups in total. The van der Waals surface area contributed by atoms with Crippen LogP contribution >= 0.6 is 0 Å². The number of pyridine rings is 1. The van der Waals surface area contributed by atoms with Gasteiger partial charge >= 0.3 is 0 Å². The van der Waals surface area contributed by atoms with Crippen LogP contribution in [0.15, 0.2) is 36.7 Å². The van der Waals surface area contributed by atoms with E-state index in [1.165, 1.54) is 5.56 Å². The molecule has 0 aromatic carbocycles. The van der Waals surface area contributed by atoms with Crippen molar-refractivity contribution in [2.75, 3.05) is 6.54 Å². The second-order valence-corrected chi connectivity index (χ2v) is 3.34. The molecule has 0 aliphatic carbocycles. The molecule has 2 nitrogen and oxygen atoms in total. The molecule has 0 radical (unpaired) electrons. The Morgan fingerprint density at radius 2 is 2.15 bits per heavy atom. The second kappa shape index (κ2) is 4.77. The van der Waals surface area contributed by atoms with Crippen LogP contribution in [-0.4, -0.2) is 11.5 Å². The zero-order chi connectivity index (χ0) is 9.68. The fraction of sp³-hybridized carbons (Fsp3) is 0.364. The summed E-state index contributed by atoms with van der Waals surface area (Å²) in [6.07, 6.45) is 3.63. The van der Waals surface area contributed by atoms with Gasteiger partial charge in [-0.25, -0.2) is 0 Å². The van der Waals surface area contributed by atoms with Crippen LogP contribution in [0.3, 0.4) is 0 Å². The van der Waals surface area contributed by atoms with Crippen molar-refractivity contribution in [1.29, 1.82) is 0 Å². The summed E-state index contributed by atoms with van der Waals surface area (Å²) in [5.74, 6) is 0. The van der Waals surface area contributed by atoms with Gasteiger partial charge in [0.2, 0.25) is 0 Å². The Labute approximate surface area is 79.7 Å². The van der Waals surface area contributed by atoms with Gasteiger partial charge in [0.15, 0.2) is 0 Å². The fourth-order valence-corrected chi connectivity index (χ4v) is 1.10. The lowest BCUT2D eigenvalue weighted by atomic mass is 10.1. The smallest absolute Gasteiger partial charge is 0.0295 e. The van der Waals surface area contributed by atoms with Crippen molar-refractivity contribution < 1.29 is 0 Å². The molecule has 1 rings (SSSR count). The van der Waals surface area contributed by atoms with Gasteiger partial charge in [0.25, 0.3) is 0 Å². The predicted octanol–water partition coefficient (Wildman–Crippen LogP) is 2.31. The second-order valence-electron chi connectivity index (χ2n) is 3.34. The van der Waals surface area contributed by atoms with E-state index in [2.05, 4.69) is 23.8 Å². The number of nitrogens with one attached hydrogen (secondary N) is 1. The number of rotatable bonds is 4. The molecule has 0 aliphatic heterocycles. The lowest BCUT2D eigenvalue weighted by molar-refractivity contribution is 0.607. The number of hydrogen-bond donors (Lipinski definition) is 1. The molecule has 0 unspecified atom stereocenters. The predicted molar refractivity (Wildman–Crippen MR) is 55.5 cm³/mol. The Hall–Kier alpha value is -1.15. The van der Waals surface area contributed by atoms with E-state index >= 15 is 0 Å². The third kappa shape index (κ3) is 3.38. The van der Waals surface area contributed by atoms with Gasteiger partial charge in [-0.1, -0.05) is 12.2 Å². The third-order valence-corrected chi connectivity index (χ3v) is 1.92. The van der Waals surface area contributed by atoms with Crippen LogP contribution in [0, 0.1) is 0 Å². The van der Waals surface area contributed by atoms with Crippen molar-refractivity contribution in [1.82, 2.24) is 10.3 Å².